The summed E-state index contributed by atoms with van der Waals surface area (Å²) >= 11 is 6.42. The molecule has 0 saturated heterocycles. The quantitative estimate of drug-likeness (QED) is 0.343. The predicted molar refractivity (Wildman–Crippen MR) is 133 cm³/mol. The zero-order chi connectivity index (χ0) is 24.9. The van der Waals surface area contributed by atoms with E-state index in [-0.39, 0.29) is 22.8 Å². The summed E-state index contributed by atoms with van der Waals surface area (Å²) in [6.45, 7) is 3.68. The maximum atomic E-state index is 12.8. The Kier molecular flexibility index (Phi) is 7.04. The molecule has 0 aliphatic heterocycles. The number of rotatable bonds is 7. The maximum absolute atomic E-state index is 12.8. The molecule has 2 aromatic heterocycles. The van der Waals surface area contributed by atoms with E-state index in [1.165, 1.54) is 12.4 Å². The van der Waals surface area contributed by atoms with Crippen molar-refractivity contribution in [1.82, 2.24) is 15.0 Å². The van der Waals surface area contributed by atoms with Crippen molar-refractivity contribution >= 4 is 17.4 Å². The van der Waals surface area contributed by atoms with Crippen LogP contribution in [0.1, 0.15) is 39.2 Å². The number of ether oxygens (including phenoxy) is 1. The van der Waals surface area contributed by atoms with Gasteiger partial charge in [0.2, 0.25) is 0 Å². The molecular weight excluding hydrogens is 464 g/mol. The van der Waals surface area contributed by atoms with Gasteiger partial charge in [0.25, 0.3) is 5.56 Å². The Hall–Kier alpha value is -4.28. The van der Waals surface area contributed by atoms with Gasteiger partial charge in [-0.25, -0.2) is 9.97 Å². The molecule has 0 bridgehead atoms. The van der Waals surface area contributed by atoms with Crippen LogP contribution in [0.15, 0.2) is 65.8 Å². The fourth-order valence-electron chi connectivity index (χ4n) is 3.85. The summed E-state index contributed by atoms with van der Waals surface area (Å²) in [4.78, 5) is 35.9. The fourth-order valence-corrected chi connectivity index (χ4v) is 4.06. The third-order valence-corrected chi connectivity index (χ3v) is 5.86. The Morgan fingerprint density at radius 3 is 2.66 bits per heavy atom. The number of carbonyl (C=O) groups excluding carboxylic acids is 1. The topological polar surface area (TPSA) is 109 Å². The first-order chi connectivity index (χ1) is 16.9. The van der Waals surface area contributed by atoms with Crippen LogP contribution in [0, 0.1) is 25.2 Å². The highest BCUT2D eigenvalue weighted by atomic mass is 35.5. The Balaban J connectivity index is 1.53. The summed E-state index contributed by atoms with van der Waals surface area (Å²) in [5.74, 6) is 0.491. The number of ketones is 1. The van der Waals surface area contributed by atoms with Crippen molar-refractivity contribution in [3.05, 3.63) is 104 Å². The molecule has 0 saturated carbocycles. The van der Waals surface area contributed by atoms with Crippen LogP contribution in [-0.2, 0) is 6.42 Å². The van der Waals surface area contributed by atoms with Gasteiger partial charge < -0.3 is 9.72 Å². The van der Waals surface area contributed by atoms with Crippen molar-refractivity contribution in [2.75, 3.05) is 0 Å². The number of nitriles is 1. The maximum Gasteiger partial charge on any atom is 0.251 e. The Bertz CT molecular complexity index is 1510. The molecule has 0 fully saturated rings. The minimum Gasteiger partial charge on any atom is -0.454 e. The first-order valence-electron chi connectivity index (χ1n) is 10.9. The standard InChI is InChI=1S/C27H21ClN4O3/c1-16-12-17(2)32-27(34)19(16)7-8-24(33)18-6-9-26(22(28)13-18)35-25-5-3-4-20(21(25)14-29)23-10-11-30-15-31-23/h3-6,9-13,15H,7-8H2,1-2H3,(H,32,34). The predicted octanol–water partition coefficient (Wildman–Crippen LogP) is 5.58. The molecule has 35 heavy (non-hydrogen) atoms. The van der Waals surface area contributed by atoms with Gasteiger partial charge in [-0.15, -0.1) is 0 Å². The third kappa shape index (κ3) is 5.29. The lowest BCUT2D eigenvalue weighted by Crippen LogP contribution is -2.16. The highest BCUT2D eigenvalue weighted by Crippen LogP contribution is 2.35. The number of halogens is 1. The van der Waals surface area contributed by atoms with Crippen LogP contribution in [0.5, 0.6) is 11.5 Å². The Morgan fingerprint density at radius 2 is 1.97 bits per heavy atom. The average molecular weight is 485 g/mol. The molecule has 7 nitrogen and oxygen atoms in total. The van der Waals surface area contributed by atoms with Crippen LogP contribution >= 0.6 is 11.6 Å². The zero-order valence-electron chi connectivity index (χ0n) is 19.1. The summed E-state index contributed by atoms with van der Waals surface area (Å²) in [6.07, 6.45) is 3.51. The second-order valence-electron chi connectivity index (χ2n) is 8.00. The van der Waals surface area contributed by atoms with E-state index in [1.54, 1.807) is 42.6 Å². The summed E-state index contributed by atoms with van der Waals surface area (Å²) in [5.41, 5.74) is 4.00. The van der Waals surface area contributed by atoms with Crippen LogP contribution in [0.25, 0.3) is 11.3 Å². The molecule has 2 aromatic carbocycles. The first-order valence-corrected chi connectivity index (χ1v) is 11.2. The number of aryl methyl sites for hydroxylation is 2. The van der Waals surface area contributed by atoms with Crippen molar-refractivity contribution in [3.8, 4) is 28.8 Å². The van der Waals surface area contributed by atoms with Gasteiger partial charge in [0.15, 0.2) is 5.78 Å². The Morgan fingerprint density at radius 1 is 1.14 bits per heavy atom. The summed E-state index contributed by atoms with van der Waals surface area (Å²) < 4.78 is 5.95. The van der Waals surface area contributed by atoms with Crippen molar-refractivity contribution < 1.29 is 9.53 Å². The summed E-state index contributed by atoms with van der Waals surface area (Å²) in [6, 6.07) is 15.7. The van der Waals surface area contributed by atoms with E-state index in [4.69, 9.17) is 16.3 Å². The number of hydrogen-bond donors (Lipinski definition) is 1. The van der Waals surface area contributed by atoms with Crippen LogP contribution in [0.2, 0.25) is 5.02 Å². The average Bonchev–Trinajstić information content (AvgIpc) is 2.84. The number of hydrogen-bond acceptors (Lipinski definition) is 6. The van der Waals surface area contributed by atoms with Gasteiger partial charge in [0.1, 0.15) is 29.5 Å². The molecule has 4 aromatic rings. The number of pyridine rings is 1. The van der Waals surface area contributed by atoms with Gasteiger partial charge in [-0.3, -0.25) is 9.59 Å². The molecule has 174 valence electrons. The van der Waals surface area contributed by atoms with Crippen LogP contribution in [0.3, 0.4) is 0 Å². The smallest absolute Gasteiger partial charge is 0.251 e. The zero-order valence-corrected chi connectivity index (χ0v) is 19.9. The van der Waals surface area contributed by atoms with E-state index in [2.05, 4.69) is 21.0 Å². The minimum absolute atomic E-state index is 0.138. The number of nitrogens with one attached hydrogen (secondary N) is 1. The molecule has 2 heterocycles. The molecular formula is C27H21ClN4O3. The third-order valence-electron chi connectivity index (χ3n) is 5.57. The van der Waals surface area contributed by atoms with Gasteiger partial charge in [-0.05, 0) is 62.2 Å². The van der Waals surface area contributed by atoms with E-state index in [0.29, 0.717) is 45.9 Å². The molecule has 0 radical (unpaired) electrons. The molecule has 1 N–H and O–H groups in total. The molecule has 0 amide bonds. The molecule has 0 atom stereocenters. The van der Waals surface area contributed by atoms with Gasteiger partial charge in [-0.2, -0.15) is 5.26 Å². The highest BCUT2D eigenvalue weighted by Gasteiger charge is 2.16. The van der Waals surface area contributed by atoms with Crippen LogP contribution in [-0.4, -0.2) is 20.7 Å². The molecule has 0 aliphatic carbocycles. The summed E-state index contributed by atoms with van der Waals surface area (Å²) in [5, 5.41) is 9.99. The summed E-state index contributed by atoms with van der Waals surface area (Å²) in [7, 11) is 0. The van der Waals surface area contributed by atoms with Crippen molar-refractivity contribution in [1.29, 1.82) is 5.26 Å². The van der Waals surface area contributed by atoms with E-state index in [0.717, 1.165) is 11.3 Å². The van der Waals surface area contributed by atoms with Gasteiger partial charge in [-0.1, -0.05) is 23.7 Å². The highest BCUT2D eigenvalue weighted by molar-refractivity contribution is 6.32. The molecule has 4 rings (SSSR count). The first kappa shape index (κ1) is 23.9. The molecule has 0 unspecified atom stereocenters. The lowest BCUT2D eigenvalue weighted by Gasteiger charge is -2.12. The number of aromatic amines is 1. The number of Topliss-reactive ketones (excluding diaryl/α,β-unsaturated/α-hetero) is 1. The number of H-pyrrole nitrogens is 1. The van der Waals surface area contributed by atoms with E-state index >= 15 is 0 Å². The normalized spacial score (nSPS) is 10.6. The monoisotopic (exact) mass is 484 g/mol. The molecule has 0 aliphatic rings. The van der Waals surface area contributed by atoms with Gasteiger partial charge >= 0.3 is 0 Å². The van der Waals surface area contributed by atoms with Crippen molar-refractivity contribution in [3.63, 3.8) is 0 Å². The minimum atomic E-state index is -0.172. The lowest BCUT2D eigenvalue weighted by molar-refractivity contribution is 0.0982. The van der Waals surface area contributed by atoms with E-state index in [1.807, 2.05) is 19.9 Å². The second kappa shape index (κ2) is 10.3. The molecule has 0 spiro atoms. The number of benzene rings is 2. The van der Waals surface area contributed by atoms with Crippen molar-refractivity contribution in [2.45, 2.75) is 26.7 Å². The molecule has 8 heteroatoms. The lowest BCUT2D eigenvalue weighted by atomic mass is 10.0. The number of nitrogens with zero attached hydrogens (tertiary/aromatic N) is 3. The van der Waals surface area contributed by atoms with Crippen LogP contribution in [0.4, 0.5) is 0 Å². The largest absolute Gasteiger partial charge is 0.454 e. The van der Waals surface area contributed by atoms with E-state index in [9.17, 15) is 14.9 Å². The van der Waals surface area contributed by atoms with Crippen LogP contribution < -0.4 is 10.3 Å². The van der Waals surface area contributed by atoms with E-state index < -0.39 is 0 Å². The SMILES string of the molecule is Cc1cc(C)c(CCC(=O)c2ccc(Oc3cccc(-c4ccncn4)c3C#N)c(Cl)c2)c(=O)[nH]1. The fraction of sp³-hybridized carbons (Fsp3) is 0.148. The van der Waals surface area contributed by atoms with Gasteiger partial charge in [0, 0.05) is 35.0 Å². The van der Waals surface area contributed by atoms with Gasteiger partial charge in [0.05, 0.1) is 10.7 Å². The second-order valence-corrected chi connectivity index (χ2v) is 8.41. The number of carbonyl (C=O) groups is 1. The Labute approximate surface area is 207 Å². The van der Waals surface area contributed by atoms with Crippen molar-refractivity contribution in [2.24, 2.45) is 0 Å². The number of aromatic nitrogens is 3.